The van der Waals surface area contributed by atoms with E-state index in [1.54, 1.807) is 0 Å². The van der Waals surface area contributed by atoms with E-state index in [9.17, 15) is 4.79 Å². The van der Waals surface area contributed by atoms with Crippen LogP contribution in [-0.2, 0) is 22.6 Å². The fraction of sp³-hybridized carbons (Fsp3) is 0.174. The first-order valence-electron chi connectivity index (χ1n) is 8.72. The summed E-state index contributed by atoms with van der Waals surface area (Å²) in [7, 11) is 1.43. The van der Waals surface area contributed by atoms with Gasteiger partial charge in [0.25, 0.3) is 0 Å². The zero-order chi connectivity index (χ0) is 18.2. The molecule has 0 saturated carbocycles. The molecule has 0 bridgehead atoms. The summed E-state index contributed by atoms with van der Waals surface area (Å²) in [6.45, 7) is 1.67. The summed E-state index contributed by atoms with van der Waals surface area (Å²) in [5, 5.41) is 0. The van der Waals surface area contributed by atoms with Crippen LogP contribution in [-0.4, -0.2) is 24.5 Å². The summed E-state index contributed by atoms with van der Waals surface area (Å²) in [6, 6.07) is 29.0. The molecule has 0 aliphatic rings. The lowest BCUT2D eigenvalue weighted by molar-refractivity contribution is -0.142. The maximum absolute atomic E-state index is 11.8. The first kappa shape index (κ1) is 17.9. The highest BCUT2D eigenvalue weighted by molar-refractivity contribution is 5.71. The smallest absolute Gasteiger partial charge is 0.319 e. The van der Waals surface area contributed by atoms with E-state index in [4.69, 9.17) is 4.74 Å². The van der Waals surface area contributed by atoms with Gasteiger partial charge < -0.3 is 4.74 Å². The standard InChI is InChI=1S/C23H23NO2/c1-26-23(25)18-24(16-19-8-4-2-5-9-19)17-20-12-14-22(15-13-20)21-10-6-3-7-11-21/h2-15H,16-18H2,1H3. The third-order valence-electron chi connectivity index (χ3n) is 4.30. The molecule has 3 aromatic rings. The number of ether oxygens (including phenoxy) is 1. The highest BCUT2D eigenvalue weighted by Crippen LogP contribution is 2.20. The van der Waals surface area contributed by atoms with Gasteiger partial charge in [-0.1, -0.05) is 84.9 Å². The Bertz CT molecular complexity index is 814. The molecule has 0 aliphatic heterocycles. The monoisotopic (exact) mass is 345 g/mol. The topological polar surface area (TPSA) is 29.5 Å². The zero-order valence-corrected chi connectivity index (χ0v) is 15.0. The average molecular weight is 345 g/mol. The average Bonchev–Trinajstić information content (AvgIpc) is 2.70. The molecule has 3 aromatic carbocycles. The number of rotatable bonds is 7. The molecule has 0 amide bonds. The van der Waals surface area contributed by atoms with Crippen molar-refractivity contribution >= 4 is 5.97 Å². The molecule has 0 aliphatic carbocycles. The lowest BCUT2D eigenvalue weighted by atomic mass is 10.0. The molecule has 3 rings (SSSR count). The van der Waals surface area contributed by atoms with E-state index >= 15 is 0 Å². The van der Waals surface area contributed by atoms with E-state index in [-0.39, 0.29) is 12.5 Å². The van der Waals surface area contributed by atoms with Crippen molar-refractivity contribution in [2.24, 2.45) is 0 Å². The molecule has 0 saturated heterocycles. The molecular formula is C23H23NO2. The van der Waals surface area contributed by atoms with E-state index in [2.05, 4.69) is 53.4 Å². The predicted molar refractivity (Wildman–Crippen MR) is 104 cm³/mol. The Labute approximate surface area is 154 Å². The Morgan fingerprint density at radius 1 is 0.731 bits per heavy atom. The van der Waals surface area contributed by atoms with Crippen LogP contribution in [0.25, 0.3) is 11.1 Å². The summed E-state index contributed by atoms with van der Waals surface area (Å²) in [4.78, 5) is 13.9. The molecule has 26 heavy (non-hydrogen) atoms. The van der Waals surface area contributed by atoms with Crippen molar-refractivity contribution in [1.82, 2.24) is 4.90 Å². The van der Waals surface area contributed by atoms with Crippen LogP contribution in [0.15, 0.2) is 84.9 Å². The van der Waals surface area contributed by atoms with Crippen LogP contribution in [0, 0.1) is 0 Å². The van der Waals surface area contributed by atoms with Crippen LogP contribution in [0.5, 0.6) is 0 Å². The number of benzene rings is 3. The first-order chi connectivity index (χ1) is 12.7. The Kier molecular flexibility index (Phi) is 6.18. The predicted octanol–water partition coefficient (Wildman–Crippen LogP) is 4.53. The number of carbonyl (C=O) groups excluding carboxylic acids is 1. The van der Waals surface area contributed by atoms with Gasteiger partial charge in [-0.2, -0.15) is 0 Å². The van der Waals surface area contributed by atoms with Crippen LogP contribution < -0.4 is 0 Å². The van der Waals surface area contributed by atoms with Crippen LogP contribution in [0.2, 0.25) is 0 Å². The molecule has 3 nitrogen and oxygen atoms in total. The van der Waals surface area contributed by atoms with Crippen molar-refractivity contribution in [3.05, 3.63) is 96.1 Å². The normalized spacial score (nSPS) is 10.7. The third kappa shape index (κ3) is 5.04. The van der Waals surface area contributed by atoms with Gasteiger partial charge in [-0.25, -0.2) is 0 Å². The molecule has 0 aromatic heterocycles. The van der Waals surface area contributed by atoms with Gasteiger partial charge in [0.2, 0.25) is 0 Å². The van der Waals surface area contributed by atoms with Gasteiger partial charge in [0.15, 0.2) is 0 Å². The minimum atomic E-state index is -0.221. The molecule has 0 fully saturated rings. The Morgan fingerprint density at radius 2 is 1.23 bits per heavy atom. The Balaban J connectivity index is 1.72. The largest absolute Gasteiger partial charge is 0.468 e. The fourth-order valence-electron chi connectivity index (χ4n) is 2.95. The highest BCUT2D eigenvalue weighted by atomic mass is 16.5. The maximum Gasteiger partial charge on any atom is 0.319 e. The van der Waals surface area contributed by atoms with E-state index in [0.29, 0.717) is 13.1 Å². The molecule has 0 heterocycles. The molecule has 0 N–H and O–H groups in total. The first-order valence-corrected chi connectivity index (χ1v) is 8.72. The Hall–Kier alpha value is -2.91. The number of methoxy groups -OCH3 is 1. The summed E-state index contributed by atoms with van der Waals surface area (Å²) < 4.78 is 4.85. The molecule has 3 heteroatoms. The lowest BCUT2D eigenvalue weighted by Gasteiger charge is -2.21. The second kappa shape index (κ2) is 8.97. The van der Waals surface area contributed by atoms with Crippen LogP contribution in [0.4, 0.5) is 0 Å². The van der Waals surface area contributed by atoms with Gasteiger partial charge >= 0.3 is 5.97 Å². The van der Waals surface area contributed by atoms with Gasteiger partial charge in [-0.05, 0) is 22.3 Å². The van der Waals surface area contributed by atoms with Crippen LogP contribution >= 0.6 is 0 Å². The van der Waals surface area contributed by atoms with Crippen molar-refractivity contribution in [3.8, 4) is 11.1 Å². The maximum atomic E-state index is 11.8. The SMILES string of the molecule is COC(=O)CN(Cc1ccccc1)Cc1ccc(-c2ccccc2)cc1. The van der Waals surface area contributed by atoms with Crippen LogP contribution in [0.1, 0.15) is 11.1 Å². The fourth-order valence-corrected chi connectivity index (χ4v) is 2.95. The van der Waals surface area contributed by atoms with Gasteiger partial charge in [-0.15, -0.1) is 0 Å². The molecular weight excluding hydrogens is 322 g/mol. The van der Waals surface area contributed by atoms with Gasteiger partial charge in [-0.3, -0.25) is 9.69 Å². The zero-order valence-electron chi connectivity index (χ0n) is 15.0. The molecule has 0 radical (unpaired) electrons. The van der Waals surface area contributed by atoms with E-state index in [1.807, 2.05) is 36.4 Å². The number of nitrogens with zero attached hydrogens (tertiary/aromatic N) is 1. The van der Waals surface area contributed by atoms with Crippen molar-refractivity contribution < 1.29 is 9.53 Å². The number of carbonyl (C=O) groups is 1. The lowest BCUT2D eigenvalue weighted by Crippen LogP contribution is -2.29. The van der Waals surface area contributed by atoms with Crippen molar-refractivity contribution in [2.45, 2.75) is 13.1 Å². The van der Waals surface area contributed by atoms with E-state index < -0.39 is 0 Å². The number of hydrogen-bond donors (Lipinski definition) is 0. The summed E-state index contributed by atoms with van der Waals surface area (Å²) in [5.74, 6) is -0.221. The summed E-state index contributed by atoms with van der Waals surface area (Å²) in [5.41, 5.74) is 4.74. The minimum absolute atomic E-state index is 0.221. The minimum Gasteiger partial charge on any atom is -0.468 e. The van der Waals surface area contributed by atoms with Gasteiger partial charge in [0, 0.05) is 13.1 Å². The van der Waals surface area contributed by atoms with Gasteiger partial charge in [0.05, 0.1) is 13.7 Å². The molecule has 132 valence electrons. The quantitative estimate of drug-likeness (QED) is 0.589. The van der Waals surface area contributed by atoms with E-state index in [1.165, 1.54) is 29.4 Å². The summed E-state index contributed by atoms with van der Waals surface area (Å²) in [6.07, 6.45) is 0. The van der Waals surface area contributed by atoms with Crippen LogP contribution in [0.3, 0.4) is 0 Å². The van der Waals surface area contributed by atoms with Crippen molar-refractivity contribution in [1.29, 1.82) is 0 Å². The molecule has 0 spiro atoms. The summed E-state index contributed by atoms with van der Waals surface area (Å²) >= 11 is 0. The molecule has 0 atom stereocenters. The van der Waals surface area contributed by atoms with Crippen molar-refractivity contribution in [2.75, 3.05) is 13.7 Å². The van der Waals surface area contributed by atoms with Crippen molar-refractivity contribution in [3.63, 3.8) is 0 Å². The number of hydrogen-bond acceptors (Lipinski definition) is 3. The van der Waals surface area contributed by atoms with E-state index in [0.717, 1.165) is 0 Å². The third-order valence-corrected chi connectivity index (χ3v) is 4.30. The Morgan fingerprint density at radius 3 is 1.81 bits per heavy atom. The van der Waals surface area contributed by atoms with Gasteiger partial charge in [0.1, 0.15) is 0 Å². The highest BCUT2D eigenvalue weighted by Gasteiger charge is 2.12. The second-order valence-corrected chi connectivity index (χ2v) is 6.27. The second-order valence-electron chi connectivity index (χ2n) is 6.27. The number of esters is 1. The molecule has 0 unspecified atom stereocenters.